The molecule has 0 bridgehead atoms. The van der Waals surface area contributed by atoms with Gasteiger partial charge in [0, 0.05) is 18.2 Å². The molecule has 0 aromatic carbocycles. The second kappa shape index (κ2) is 12.0. The molecule has 2 aliphatic rings. The number of hydrogen-bond donors (Lipinski definition) is 1. The summed E-state index contributed by atoms with van der Waals surface area (Å²) in [5, 5.41) is 0. The smallest absolute Gasteiger partial charge is 0.335 e. The van der Waals surface area contributed by atoms with Gasteiger partial charge in [0.2, 0.25) is 0 Å². The molecule has 1 aromatic heterocycles. The Hall–Kier alpha value is -1.05. The molecule has 1 aromatic rings. The molecule has 2 aliphatic heterocycles. The fourth-order valence-corrected chi connectivity index (χ4v) is 16.8. The van der Waals surface area contributed by atoms with E-state index in [0.717, 1.165) is 44.2 Å². The minimum absolute atomic E-state index is 0.105. The predicted molar refractivity (Wildman–Crippen MR) is 142 cm³/mol. The van der Waals surface area contributed by atoms with Crippen LogP contribution in [-0.2, 0) is 17.7 Å². The second-order valence-corrected chi connectivity index (χ2v) is 18.1. The third kappa shape index (κ3) is 5.77. The van der Waals surface area contributed by atoms with E-state index in [-0.39, 0.29) is 18.1 Å². The standard InChI is InChI=1S/C25H46N2O6Si2/c1-8-12-16-34(15-9-2)30-17-21-23(32-35(33-34,18(5)10-3)19(6)11-4)20(7)24(31-21)27-14-13-22(28)26-25(27)29/h13-14,18-21,23-24H,8-12,15-17H2,1-7H3,(H,26,28,29)/t18?,19?,20-,21+,23-,24+,34?,35?/m0/s1. The van der Waals surface area contributed by atoms with Crippen molar-refractivity contribution in [3.63, 3.8) is 0 Å². The van der Waals surface area contributed by atoms with Gasteiger partial charge in [-0.2, -0.15) is 0 Å². The zero-order valence-electron chi connectivity index (χ0n) is 22.7. The van der Waals surface area contributed by atoms with Crippen LogP contribution in [0.15, 0.2) is 21.9 Å². The number of ether oxygens (including phenoxy) is 1. The molecule has 2 fully saturated rings. The van der Waals surface area contributed by atoms with Crippen LogP contribution >= 0.6 is 0 Å². The van der Waals surface area contributed by atoms with E-state index < -0.39 is 34.6 Å². The monoisotopic (exact) mass is 526 g/mol. The van der Waals surface area contributed by atoms with Crippen molar-refractivity contribution < 1.29 is 17.7 Å². The highest BCUT2D eigenvalue weighted by atomic mass is 28.5. The zero-order chi connectivity index (χ0) is 25.8. The molecular formula is C25H46N2O6Si2. The van der Waals surface area contributed by atoms with E-state index in [2.05, 4.69) is 53.5 Å². The normalized spacial score (nSPS) is 35.2. The molecule has 3 unspecified atom stereocenters. The summed E-state index contributed by atoms with van der Waals surface area (Å²) in [7, 11) is -5.30. The highest BCUT2D eigenvalue weighted by Crippen LogP contribution is 2.48. The van der Waals surface area contributed by atoms with Crippen LogP contribution in [0, 0.1) is 5.92 Å². The summed E-state index contributed by atoms with van der Waals surface area (Å²) in [5.74, 6) is -0.105. The van der Waals surface area contributed by atoms with E-state index in [1.807, 2.05) is 0 Å². The molecule has 0 saturated carbocycles. The Balaban J connectivity index is 2.08. The highest BCUT2D eigenvalue weighted by Gasteiger charge is 2.60. The number of H-pyrrole nitrogens is 1. The van der Waals surface area contributed by atoms with Crippen molar-refractivity contribution >= 4 is 17.1 Å². The average Bonchev–Trinajstić information content (AvgIpc) is 3.13. The van der Waals surface area contributed by atoms with Crippen LogP contribution in [-0.4, -0.2) is 45.5 Å². The predicted octanol–water partition coefficient (Wildman–Crippen LogP) is 5.20. The first-order valence-electron chi connectivity index (χ1n) is 13.7. The maximum absolute atomic E-state index is 12.6. The van der Waals surface area contributed by atoms with Gasteiger partial charge in [0.15, 0.2) is 0 Å². The summed E-state index contributed by atoms with van der Waals surface area (Å²) < 4.78 is 29.5. The van der Waals surface area contributed by atoms with Gasteiger partial charge in [0.25, 0.3) is 5.56 Å². The first kappa shape index (κ1) is 28.5. The Morgan fingerprint density at radius 3 is 2.34 bits per heavy atom. The zero-order valence-corrected chi connectivity index (χ0v) is 24.7. The van der Waals surface area contributed by atoms with Crippen LogP contribution in [0.25, 0.3) is 0 Å². The topological polar surface area (TPSA) is 91.8 Å². The molecular weight excluding hydrogens is 480 g/mol. The number of fused-ring (bicyclic) bond motifs is 1. The molecule has 0 amide bonds. The summed E-state index contributed by atoms with van der Waals surface area (Å²) in [6.45, 7) is 15.9. The van der Waals surface area contributed by atoms with Crippen molar-refractivity contribution in [2.75, 3.05) is 6.61 Å². The summed E-state index contributed by atoms with van der Waals surface area (Å²) in [6, 6.07) is 3.28. The van der Waals surface area contributed by atoms with Crippen molar-refractivity contribution in [3.05, 3.63) is 33.1 Å². The Bertz CT molecular complexity index is 929. The van der Waals surface area contributed by atoms with Gasteiger partial charge < -0.3 is 17.7 Å². The molecule has 35 heavy (non-hydrogen) atoms. The van der Waals surface area contributed by atoms with Crippen LogP contribution in [0.1, 0.15) is 86.8 Å². The molecule has 3 rings (SSSR count). The lowest BCUT2D eigenvalue weighted by Crippen LogP contribution is -2.64. The van der Waals surface area contributed by atoms with E-state index in [0.29, 0.717) is 17.7 Å². The van der Waals surface area contributed by atoms with E-state index in [1.54, 1.807) is 0 Å². The highest BCUT2D eigenvalue weighted by molar-refractivity contribution is 6.82. The van der Waals surface area contributed by atoms with Crippen LogP contribution in [0.3, 0.4) is 0 Å². The van der Waals surface area contributed by atoms with Crippen molar-refractivity contribution in [1.82, 2.24) is 9.55 Å². The van der Waals surface area contributed by atoms with Gasteiger partial charge in [-0.15, -0.1) is 0 Å². The largest absolute Gasteiger partial charge is 0.414 e. The lowest BCUT2D eigenvalue weighted by atomic mass is 10.0. The molecule has 0 radical (unpaired) electrons. The summed E-state index contributed by atoms with van der Waals surface area (Å²) in [4.78, 5) is 26.6. The van der Waals surface area contributed by atoms with Crippen LogP contribution in [0.2, 0.25) is 23.2 Å². The third-order valence-electron chi connectivity index (χ3n) is 8.09. The minimum atomic E-state index is -2.76. The van der Waals surface area contributed by atoms with Gasteiger partial charge in [0.05, 0.1) is 12.7 Å². The van der Waals surface area contributed by atoms with Crippen LogP contribution in [0.4, 0.5) is 0 Å². The van der Waals surface area contributed by atoms with Crippen molar-refractivity contribution in [1.29, 1.82) is 0 Å². The fourth-order valence-electron chi connectivity index (χ4n) is 5.62. The second-order valence-electron chi connectivity index (χ2n) is 10.5. The SMILES string of the molecule is CCCC[Si]1(CCC)OC[C@H]2O[C@@H](n3ccc(=O)[nH]c3=O)[C@@H](C)[C@@H]2O[Si](C(C)CC)(C(C)CC)O1. The minimum Gasteiger partial charge on any atom is -0.414 e. The molecule has 0 spiro atoms. The summed E-state index contributed by atoms with van der Waals surface area (Å²) >= 11 is 0. The Morgan fingerprint density at radius 2 is 1.77 bits per heavy atom. The molecule has 7 atom stereocenters. The first-order valence-corrected chi connectivity index (χ1v) is 17.9. The number of aromatic nitrogens is 2. The summed E-state index contributed by atoms with van der Waals surface area (Å²) in [6.07, 6.45) is 5.62. The molecule has 3 heterocycles. The summed E-state index contributed by atoms with van der Waals surface area (Å²) in [5.41, 5.74) is -0.285. The van der Waals surface area contributed by atoms with Gasteiger partial charge in [-0.1, -0.05) is 80.6 Å². The molecule has 10 heteroatoms. The maximum Gasteiger partial charge on any atom is 0.335 e. The number of aromatic amines is 1. The van der Waals surface area contributed by atoms with Gasteiger partial charge in [-0.25, -0.2) is 4.79 Å². The average molecular weight is 527 g/mol. The number of rotatable bonds is 10. The maximum atomic E-state index is 12.6. The number of nitrogens with zero attached hydrogens (tertiary/aromatic N) is 1. The Kier molecular flexibility index (Phi) is 9.78. The molecule has 8 nitrogen and oxygen atoms in total. The number of hydrogen-bond acceptors (Lipinski definition) is 6. The van der Waals surface area contributed by atoms with Crippen LogP contribution in [0.5, 0.6) is 0 Å². The molecule has 2 saturated heterocycles. The number of nitrogens with one attached hydrogen (secondary N) is 1. The fraction of sp³-hybridized carbons (Fsp3) is 0.840. The van der Waals surface area contributed by atoms with Crippen molar-refractivity contribution in [2.24, 2.45) is 5.92 Å². The third-order valence-corrected chi connectivity index (χ3v) is 18.1. The van der Waals surface area contributed by atoms with E-state index in [4.69, 9.17) is 17.7 Å². The van der Waals surface area contributed by atoms with E-state index in [9.17, 15) is 9.59 Å². The van der Waals surface area contributed by atoms with Crippen molar-refractivity contribution in [2.45, 2.75) is 122 Å². The first-order chi connectivity index (χ1) is 16.7. The van der Waals surface area contributed by atoms with Crippen molar-refractivity contribution in [3.8, 4) is 0 Å². The molecule has 200 valence electrons. The van der Waals surface area contributed by atoms with Gasteiger partial charge in [-0.05, 0) is 23.2 Å². The van der Waals surface area contributed by atoms with Gasteiger partial charge >= 0.3 is 22.8 Å². The quantitative estimate of drug-likeness (QED) is 0.422. The molecule has 1 N–H and O–H groups in total. The van der Waals surface area contributed by atoms with E-state index >= 15 is 0 Å². The number of unbranched alkanes of at least 4 members (excludes halogenated alkanes) is 1. The Morgan fingerprint density at radius 1 is 1.09 bits per heavy atom. The van der Waals surface area contributed by atoms with Crippen LogP contribution < -0.4 is 11.2 Å². The van der Waals surface area contributed by atoms with Gasteiger partial charge in [-0.3, -0.25) is 14.3 Å². The van der Waals surface area contributed by atoms with Gasteiger partial charge in [0.1, 0.15) is 12.3 Å². The lowest BCUT2D eigenvalue weighted by molar-refractivity contribution is -0.0563. The van der Waals surface area contributed by atoms with E-state index in [1.165, 1.54) is 16.8 Å². The lowest BCUT2D eigenvalue weighted by Gasteiger charge is -2.50. The Labute approximate surface area is 212 Å². The molecule has 0 aliphatic carbocycles.